The average molecular weight is 369 g/mol. The molecule has 0 saturated carbocycles. The fourth-order valence-electron chi connectivity index (χ4n) is 2.18. The molecule has 0 bridgehead atoms. The van der Waals surface area contributed by atoms with Crippen molar-refractivity contribution in [1.82, 2.24) is 9.29 Å². The number of amides is 2. The van der Waals surface area contributed by atoms with Crippen LogP contribution in [0.2, 0.25) is 0 Å². The summed E-state index contributed by atoms with van der Waals surface area (Å²) in [5, 5.41) is 0. The number of nitrogens with zero attached hydrogens (tertiary/aromatic N) is 1. The van der Waals surface area contributed by atoms with Crippen LogP contribution in [0.4, 0.5) is 4.39 Å². The Bertz CT molecular complexity index is 937. The van der Waals surface area contributed by atoms with Gasteiger partial charge < -0.3 is 15.0 Å². The molecule has 1 heterocycles. The molecule has 134 valence electrons. The van der Waals surface area contributed by atoms with Crippen LogP contribution >= 0.6 is 0 Å². The Morgan fingerprint density at radius 1 is 1.32 bits per heavy atom. The predicted octanol–water partition coefficient (Wildman–Crippen LogP) is 0.319. The number of aryl methyl sites for hydroxylation is 1. The number of carbonyl (C=O) groups is 2. The molecule has 2 amide bonds. The Morgan fingerprint density at radius 3 is 2.52 bits per heavy atom. The van der Waals surface area contributed by atoms with E-state index in [-0.39, 0.29) is 28.3 Å². The third-order valence-corrected chi connectivity index (χ3v) is 4.71. The van der Waals surface area contributed by atoms with Gasteiger partial charge in [-0.05, 0) is 23.8 Å². The lowest BCUT2D eigenvalue weighted by Gasteiger charge is -2.07. The standard InChI is InChI=1S/C15H16FN3O5S/c1-19-8-10(7-12(19)15(17)21)25(22,23)18-14(20)6-9-3-4-13(24-2)11(16)5-9/h3-5,7-8H,6H2,1-2H3,(H2,17,21)(H,18,20). The molecule has 0 radical (unpaired) electrons. The number of halogens is 1. The number of ether oxygens (including phenoxy) is 1. The normalized spacial score (nSPS) is 11.2. The molecule has 0 unspecified atom stereocenters. The first kappa shape index (κ1) is 18.5. The second kappa shape index (κ2) is 6.93. The predicted molar refractivity (Wildman–Crippen MR) is 85.9 cm³/mol. The molecule has 0 fully saturated rings. The summed E-state index contributed by atoms with van der Waals surface area (Å²) in [5.74, 6) is -2.30. The van der Waals surface area contributed by atoms with E-state index in [2.05, 4.69) is 0 Å². The van der Waals surface area contributed by atoms with Gasteiger partial charge in [-0.3, -0.25) is 9.59 Å². The van der Waals surface area contributed by atoms with Crippen LogP contribution in [0.3, 0.4) is 0 Å². The van der Waals surface area contributed by atoms with Crippen LogP contribution in [0, 0.1) is 5.82 Å². The first-order valence-electron chi connectivity index (χ1n) is 6.98. The monoisotopic (exact) mass is 369 g/mol. The highest BCUT2D eigenvalue weighted by molar-refractivity contribution is 7.90. The summed E-state index contributed by atoms with van der Waals surface area (Å²) in [6.07, 6.45) is 0.804. The summed E-state index contributed by atoms with van der Waals surface area (Å²) in [6, 6.07) is 4.92. The Morgan fingerprint density at radius 2 is 2.00 bits per heavy atom. The highest BCUT2D eigenvalue weighted by Crippen LogP contribution is 2.18. The number of benzene rings is 1. The molecule has 3 N–H and O–H groups in total. The molecule has 0 aliphatic heterocycles. The van der Waals surface area contributed by atoms with E-state index < -0.39 is 27.7 Å². The van der Waals surface area contributed by atoms with Crippen LogP contribution in [0.25, 0.3) is 0 Å². The summed E-state index contributed by atoms with van der Waals surface area (Å²) < 4.78 is 45.9. The van der Waals surface area contributed by atoms with Crippen LogP contribution in [0.15, 0.2) is 35.4 Å². The van der Waals surface area contributed by atoms with Crippen molar-refractivity contribution in [2.45, 2.75) is 11.3 Å². The van der Waals surface area contributed by atoms with E-state index in [1.165, 1.54) is 30.9 Å². The van der Waals surface area contributed by atoms with Crippen LogP contribution in [0.5, 0.6) is 5.75 Å². The number of rotatable bonds is 6. The molecule has 8 nitrogen and oxygen atoms in total. The zero-order valence-corrected chi connectivity index (χ0v) is 14.3. The average Bonchev–Trinajstić information content (AvgIpc) is 2.90. The van der Waals surface area contributed by atoms with Gasteiger partial charge in [-0.1, -0.05) is 6.07 Å². The van der Waals surface area contributed by atoms with Crippen molar-refractivity contribution in [3.05, 3.63) is 47.5 Å². The van der Waals surface area contributed by atoms with Gasteiger partial charge in [-0.25, -0.2) is 17.5 Å². The van der Waals surface area contributed by atoms with Gasteiger partial charge in [0, 0.05) is 13.2 Å². The zero-order chi connectivity index (χ0) is 18.8. The minimum atomic E-state index is -4.18. The van der Waals surface area contributed by atoms with Crippen LogP contribution in [-0.2, 0) is 28.3 Å². The van der Waals surface area contributed by atoms with Crippen LogP contribution in [0.1, 0.15) is 16.1 Å². The quantitative estimate of drug-likeness (QED) is 0.760. The molecule has 1 aromatic heterocycles. The number of nitrogens with one attached hydrogen (secondary N) is 1. The Hall–Kier alpha value is -2.88. The number of methoxy groups -OCH3 is 1. The largest absolute Gasteiger partial charge is 0.494 e. The lowest BCUT2D eigenvalue weighted by atomic mass is 10.1. The molecular weight excluding hydrogens is 353 g/mol. The molecule has 2 aromatic rings. The molecule has 0 atom stereocenters. The minimum Gasteiger partial charge on any atom is -0.494 e. The summed E-state index contributed by atoms with van der Waals surface area (Å²) in [7, 11) is -1.44. The molecule has 25 heavy (non-hydrogen) atoms. The molecule has 0 saturated heterocycles. The fraction of sp³-hybridized carbons (Fsp3) is 0.200. The number of hydrogen-bond donors (Lipinski definition) is 2. The van der Waals surface area contributed by atoms with E-state index in [0.717, 1.165) is 18.3 Å². The van der Waals surface area contributed by atoms with Gasteiger partial charge in [0.1, 0.15) is 10.6 Å². The number of aromatic nitrogens is 1. The first-order chi connectivity index (χ1) is 11.6. The Labute approximate surface area is 143 Å². The summed E-state index contributed by atoms with van der Waals surface area (Å²) in [6.45, 7) is 0. The Kier molecular flexibility index (Phi) is 5.12. The highest BCUT2D eigenvalue weighted by atomic mass is 32.2. The van der Waals surface area contributed by atoms with Crippen molar-refractivity contribution in [2.24, 2.45) is 12.8 Å². The SMILES string of the molecule is COc1ccc(CC(=O)NS(=O)(=O)c2cc(C(N)=O)n(C)c2)cc1F. The van der Waals surface area contributed by atoms with Crippen molar-refractivity contribution in [2.75, 3.05) is 7.11 Å². The topological polar surface area (TPSA) is 120 Å². The van der Waals surface area contributed by atoms with E-state index in [1.54, 1.807) is 0 Å². The summed E-state index contributed by atoms with van der Waals surface area (Å²) in [5.41, 5.74) is 5.38. The summed E-state index contributed by atoms with van der Waals surface area (Å²) in [4.78, 5) is 22.9. The van der Waals surface area contributed by atoms with Gasteiger partial charge >= 0.3 is 0 Å². The lowest BCUT2D eigenvalue weighted by Crippen LogP contribution is -2.31. The lowest BCUT2D eigenvalue weighted by molar-refractivity contribution is -0.118. The molecule has 0 aliphatic rings. The van der Waals surface area contributed by atoms with Crippen molar-refractivity contribution in [3.63, 3.8) is 0 Å². The number of nitrogens with two attached hydrogens (primary N) is 1. The molecule has 0 spiro atoms. The van der Waals surface area contributed by atoms with E-state index in [0.29, 0.717) is 0 Å². The maximum absolute atomic E-state index is 13.6. The van der Waals surface area contributed by atoms with Crippen molar-refractivity contribution < 1.29 is 27.1 Å². The maximum Gasteiger partial charge on any atom is 0.265 e. The van der Waals surface area contributed by atoms with Gasteiger partial charge in [0.25, 0.3) is 15.9 Å². The molecule has 10 heteroatoms. The third kappa shape index (κ3) is 4.15. The highest BCUT2D eigenvalue weighted by Gasteiger charge is 2.22. The van der Waals surface area contributed by atoms with E-state index >= 15 is 0 Å². The van der Waals surface area contributed by atoms with Crippen molar-refractivity contribution in [3.8, 4) is 5.75 Å². The molecule has 0 aliphatic carbocycles. The second-order valence-corrected chi connectivity index (χ2v) is 6.89. The van der Waals surface area contributed by atoms with Crippen molar-refractivity contribution in [1.29, 1.82) is 0 Å². The van der Waals surface area contributed by atoms with E-state index in [9.17, 15) is 22.4 Å². The minimum absolute atomic E-state index is 0.0139. The fourth-order valence-corrected chi connectivity index (χ4v) is 3.23. The molecule has 1 aromatic carbocycles. The van der Waals surface area contributed by atoms with Crippen molar-refractivity contribution >= 4 is 21.8 Å². The maximum atomic E-state index is 13.6. The number of carbonyl (C=O) groups excluding carboxylic acids is 2. The smallest absolute Gasteiger partial charge is 0.265 e. The van der Waals surface area contributed by atoms with E-state index in [1.807, 2.05) is 4.72 Å². The van der Waals surface area contributed by atoms with Gasteiger partial charge in [0.15, 0.2) is 11.6 Å². The zero-order valence-electron chi connectivity index (χ0n) is 13.4. The molecule has 2 rings (SSSR count). The second-order valence-electron chi connectivity index (χ2n) is 5.21. The third-order valence-electron chi connectivity index (χ3n) is 3.37. The first-order valence-corrected chi connectivity index (χ1v) is 8.46. The summed E-state index contributed by atoms with van der Waals surface area (Å²) >= 11 is 0. The number of sulfonamides is 1. The Balaban J connectivity index is 2.15. The van der Waals surface area contributed by atoms with Crippen LogP contribution in [-0.4, -0.2) is 31.9 Å². The number of primary amides is 1. The molecular formula is C15H16FN3O5S. The van der Waals surface area contributed by atoms with Crippen LogP contribution < -0.4 is 15.2 Å². The van der Waals surface area contributed by atoms with Gasteiger partial charge in [0.2, 0.25) is 5.91 Å². The van der Waals surface area contributed by atoms with Gasteiger partial charge in [-0.2, -0.15) is 0 Å². The van der Waals surface area contributed by atoms with Gasteiger partial charge in [0.05, 0.1) is 13.5 Å². The number of hydrogen-bond acceptors (Lipinski definition) is 5. The van der Waals surface area contributed by atoms with Gasteiger partial charge in [-0.15, -0.1) is 0 Å². The van der Waals surface area contributed by atoms with E-state index in [4.69, 9.17) is 10.5 Å².